The maximum absolute atomic E-state index is 9.78. The summed E-state index contributed by atoms with van der Waals surface area (Å²) >= 11 is 0. The Bertz CT molecular complexity index is 843. The van der Waals surface area contributed by atoms with Crippen molar-refractivity contribution in [3.63, 3.8) is 0 Å². The van der Waals surface area contributed by atoms with Gasteiger partial charge in [0.25, 0.3) is 0 Å². The van der Waals surface area contributed by atoms with Crippen molar-refractivity contribution in [2.45, 2.75) is 25.8 Å². The molecule has 1 N–H and O–H groups in total. The van der Waals surface area contributed by atoms with Gasteiger partial charge in [-0.05, 0) is 28.7 Å². The van der Waals surface area contributed by atoms with Gasteiger partial charge < -0.3 is 0 Å². The fourth-order valence-corrected chi connectivity index (χ4v) is 3.30. The van der Waals surface area contributed by atoms with Crippen molar-refractivity contribution in [3.8, 4) is 6.19 Å². The Morgan fingerprint density at radius 3 is 1.85 bits per heavy atom. The molecule has 0 bridgehead atoms. The summed E-state index contributed by atoms with van der Waals surface area (Å²) in [6.45, 7) is 4.74. The molecule has 3 nitrogen and oxygen atoms in total. The van der Waals surface area contributed by atoms with Gasteiger partial charge in [0, 0.05) is 0 Å². The van der Waals surface area contributed by atoms with Crippen LogP contribution in [0.1, 0.15) is 42.5 Å². The van der Waals surface area contributed by atoms with Crippen LogP contribution < -0.4 is 10.2 Å². The normalized spacial score (nSPS) is 10.8. The van der Waals surface area contributed by atoms with Crippen LogP contribution in [-0.2, 0) is 0 Å². The molecule has 0 unspecified atom stereocenters. The van der Waals surface area contributed by atoms with Crippen molar-refractivity contribution >= 4 is 5.69 Å². The highest BCUT2D eigenvalue weighted by Crippen LogP contribution is 2.27. The maximum Gasteiger partial charge on any atom is 0.185 e. The summed E-state index contributed by atoms with van der Waals surface area (Å²) < 4.78 is 0. The van der Waals surface area contributed by atoms with E-state index in [-0.39, 0.29) is 6.04 Å². The lowest BCUT2D eigenvalue weighted by molar-refractivity contribution is 0.610. The minimum Gasteiger partial charge on any atom is -0.288 e. The summed E-state index contributed by atoms with van der Waals surface area (Å²) in [6.07, 6.45) is 2.34. The fraction of sp³-hybridized carbons (Fsp3) is 0.208. The third-order valence-electron chi connectivity index (χ3n) is 4.69. The molecule has 3 rings (SSSR count). The smallest absolute Gasteiger partial charge is 0.185 e. The number of hydrogen-bond donors (Lipinski definition) is 1. The second kappa shape index (κ2) is 9.02. The lowest BCUT2D eigenvalue weighted by atomic mass is 9.99. The monoisotopic (exact) mass is 355 g/mol. The van der Waals surface area contributed by atoms with Crippen molar-refractivity contribution in [1.29, 1.82) is 5.26 Å². The van der Waals surface area contributed by atoms with E-state index in [1.807, 2.05) is 54.6 Å². The van der Waals surface area contributed by atoms with Crippen LogP contribution >= 0.6 is 0 Å². The van der Waals surface area contributed by atoms with Gasteiger partial charge in [-0.3, -0.25) is 10.2 Å². The Labute approximate surface area is 161 Å². The van der Waals surface area contributed by atoms with Gasteiger partial charge in [-0.25, -0.2) is 0 Å². The van der Waals surface area contributed by atoms with Gasteiger partial charge in [0.2, 0.25) is 0 Å². The number of anilines is 1. The maximum atomic E-state index is 9.78. The molecule has 3 heteroatoms. The van der Waals surface area contributed by atoms with Crippen LogP contribution in [0.4, 0.5) is 5.69 Å². The Kier molecular flexibility index (Phi) is 6.25. The van der Waals surface area contributed by atoms with Crippen LogP contribution in [0.15, 0.2) is 84.9 Å². The van der Waals surface area contributed by atoms with E-state index in [0.29, 0.717) is 12.6 Å². The highest BCUT2D eigenvalue weighted by atomic mass is 15.2. The average molecular weight is 355 g/mol. The first-order valence-electron chi connectivity index (χ1n) is 9.30. The van der Waals surface area contributed by atoms with Crippen molar-refractivity contribution in [2.75, 3.05) is 11.6 Å². The molecule has 136 valence electrons. The molecule has 0 amide bonds. The third kappa shape index (κ3) is 4.55. The minimum absolute atomic E-state index is 0.0227. The van der Waals surface area contributed by atoms with Crippen molar-refractivity contribution in [1.82, 2.24) is 5.32 Å². The zero-order valence-corrected chi connectivity index (χ0v) is 15.8. The first-order chi connectivity index (χ1) is 13.2. The second-order valence-corrected chi connectivity index (χ2v) is 6.86. The molecule has 0 heterocycles. The van der Waals surface area contributed by atoms with E-state index < -0.39 is 0 Å². The van der Waals surface area contributed by atoms with Crippen molar-refractivity contribution in [3.05, 3.63) is 102 Å². The molecular weight excluding hydrogens is 330 g/mol. The number of nitrogens with one attached hydrogen (secondary N) is 1. The summed E-state index contributed by atoms with van der Waals surface area (Å²) in [5.74, 6) is 0.357. The number of benzene rings is 3. The molecule has 0 aromatic heterocycles. The van der Waals surface area contributed by atoms with E-state index in [0.717, 1.165) is 5.69 Å². The zero-order chi connectivity index (χ0) is 19.1. The van der Waals surface area contributed by atoms with Crippen LogP contribution in [-0.4, -0.2) is 6.67 Å². The summed E-state index contributed by atoms with van der Waals surface area (Å²) in [5.41, 5.74) is 4.50. The first-order valence-corrected chi connectivity index (χ1v) is 9.30. The molecule has 3 aromatic carbocycles. The topological polar surface area (TPSA) is 39.1 Å². The molecule has 0 radical (unpaired) electrons. The molecule has 0 spiro atoms. The minimum atomic E-state index is 0.0227. The predicted octanol–water partition coefficient (Wildman–Crippen LogP) is 5.43. The number of nitriles is 1. The Morgan fingerprint density at radius 1 is 0.815 bits per heavy atom. The van der Waals surface area contributed by atoms with Crippen molar-refractivity contribution in [2.24, 2.45) is 0 Å². The second-order valence-electron chi connectivity index (χ2n) is 6.86. The first kappa shape index (κ1) is 18.7. The Morgan fingerprint density at radius 2 is 1.33 bits per heavy atom. The van der Waals surface area contributed by atoms with E-state index in [4.69, 9.17) is 0 Å². The lowest BCUT2D eigenvalue weighted by Gasteiger charge is -2.25. The molecule has 0 atom stereocenters. The van der Waals surface area contributed by atoms with Gasteiger partial charge in [0.15, 0.2) is 6.19 Å². The molecule has 0 aliphatic rings. The predicted molar refractivity (Wildman–Crippen MR) is 111 cm³/mol. The van der Waals surface area contributed by atoms with Gasteiger partial charge in [0.05, 0.1) is 18.4 Å². The molecular formula is C24H25N3. The van der Waals surface area contributed by atoms with Crippen LogP contribution in [0.2, 0.25) is 0 Å². The van der Waals surface area contributed by atoms with Gasteiger partial charge in [0.1, 0.15) is 0 Å². The Hall–Kier alpha value is -3.09. The summed E-state index contributed by atoms with van der Waals surface area (Å²) in [6, 6.07) is 28.8. The van der Waals surface area contributed by atoms with Gasteiger partial charge >= 0.3 is 0 Å². The van der Waals surface area contributed by atoms with Crippen LogP contribution in [0.3, 0.4) is 0 Å². The number of para-hydroxylation sites is 1. The molecule has 3 aromatic rings. The van der Waals surface area contributed by atoms with Gasteiger partial charge in [-0.2, -0.15) is 5.26 Å². The van der Waals surface area contributed by atoms with E-state index in [9.17, 15) is 5.26 Å². The molecule has 27 heavy (non-hydrogen) atoms. The largest absolute Gasteiger partial charge is 0.288 e. The standard InChI is InChI=1S/C24H25N3/c1-19(2)22-15-9-10-16-23(22)27(17-25)18-26-24(20-11-5-3-6-12-20)21-13-7-4-8-14-21/h3-16,19,24,26H,18H2,1-2H3. The van der Waals surface area contributed by atoms with E-state index >= 15 is 0 Å². The summed E-state index contributed by atoms with van der Waals surface area (Å²) in [7, 11) is 0. The summed E-state index contributed by atoms with van der Waals surface area (Å²) in [5, 5.41) is 13.3. The highest BCUT2D eigenvalue weighted by molar-refractivity contribution is 5.57. The molecule has 0 aliphatic heterocycles. The molecule has 0 fully saturated rings. The van der Waals surface area contributed by atoms with Crippen LogP contribution in [0, 0.1) is 11.5 Å². The number of rotatable bonds is 7. The van der Waals surface area contributed by atoms with Crippen LogP contribution in [0.5, 0.6) is 0 Å². The molecule has 0 saturated heterocycles. The fourth-order valence-electron chi connectivity index (χ4n) is 3.30. The third-order valence-corrected chi connectivity index (χ3v) is 4.69. The van der Waals surface area contributed by atoms with Gasteiger partial charge in [-0.15, -0.1) is 0 Å². The average Bonchev–Trinajstić information content (AvgIpc) is 2.72. The van der Waals surface area contributed by atoms with Crippen LogP contribution in [0.25, 0.3) is 0 Å². The van der Waals surface area contributed by atoms with E-state index in [2.05, 4.69) is 55.7 Å². The van der Waals surface area contributed by atoms with Gasteiger partial charge in [-0.1, -0.05) is 92.7 Å². The summed E-state index contributed by atoms with van der Waals surface area (Å²) in [4.78, 5) is 1.73. The quantitative estimate of drug-likeness (QED) is 0.349. The van der Waals surface area contributed by atoms with E-state index in [1.165, 1.54) is 16.7 Å². The van der Waals surface area contributed by atoms with E-state index in [1.54, 1.807) is 4.90 Å². The van der Waals surface area contributed by atoms with Crippen molar-refractivity contribution < 1.29 is 0 Å². The zero-order valence-electron chi connectivity index (χ0n) is 15.8. The molecule has 0 saturated carbocycles. The SMILES string of the molecule is CC(C)c1ccccc1N(C#N)CNC(c1ccccc1)c1ccccc1. The highest BCUT2D eigenvalue weighted by Gasteiger charge is 2.17. The molecule has 0 aliphatic carbocycles. The Balaban J connectivity index is 1.86. The lowest BCUT2D eigenvalue weighted by Crippen LogP contribution is -2.34. The number of hydrogen-bond acceptors (Lipinski definition) is 3. The number of nitrogens with zero attached hydrogens (tertiary/aromatic N) is 2.